The standard InChI is InChI=1S/C29H32N4O/c1-2-3-9-17-34-23-13-10-12-21(18-23)27-31-28-25-26(30-20-33(28)32-27)24-14-6-5-11-22(24)19-29(25)15-7-4-8-16-29/h5-6,10-14,18,20H,2-4,7-9,15-17,19H2,1H3. The van der Waals surface area contributed by atoms with Gasteiger partial charge in [-0.1, -0.05) is 75.4 Å². The average molecular weight is 453 g/mol. The zero-order valence-corrected chi connectivity index (χ0v) is 20.0. The van der Waals surface area contributed by atoms with Gasteiger partial charge in [-0.15, -0.1) is 5.10 Å². The molecule has 6 rings (SSSR count). The largest absolute Gasteiger partial charge is 0.494 e. The Bertz CT molecular complexity index is 1320. The van der Waals surface area contributed by atoms with Gasteiger partial charge in [-0.25, -0.2) is 14.5 Å². The van der Waals surface area contributed by atoms with Crippen LogP contribution >= 0.6 is 0 Å². The highest BCUT2D eigenvalue weighted by molar-refractivity contribution is 5.78. The fourth-order valence-corrected chi connectivity index (χ4v) is 5.95. The summed E-state index contributed by atoms with van der Waals surface area (Å²) in [5, 5.41) is 4.86. The Morgan fingerprint density at radius 1 is 1.00 bits per heavy atom. The van der Waals surface area contributed by atoms with Crippen molar-refractivity contribution in [2.45, 2.75) is 70.1 Å². The van der Waals surface area contributed by atoms with E-state index in [-0.39, 0.29) is 5.41 Å². The summed E-state index contributed by atoms with van der Waals surface area (Å²) >= 11 is 0. The third-order valence-electron chi connectivity index (χ3n) is 7.64. The Morgan fingerprint density at radius 2 is 1.88 bits per heavy atom. The van der Waals surface area contributed by atoms with E-state index in [9.17, 15) is 0 Å². The molecule has 0 N–H and O–H groups in total. The van der Waals surface area contributed by atoms with Crippen LogP contribution in [0.5, 0.6) is 5.75 Å². The molecule has 5 heteroatoms. The molecule has 5 nitrogen and oxygen atoms in total. The van der Waals surface area contributed by atoms with Crippen LogP contribution in [-0.4, -0.2) is 26.2 Å². The molecule has 0 amide bonds. The summed E-state index contributed by atoms with van der Waals surface area (Å²) in [6.45, 7) is 2.95. The molecular formula is C29H32N4O. The van der Waals surface area contributed by atoms with Crippen LogP contribution in [0.1, 0.15) is 69.4 Å². The molecule has 2 aliphatic carbocycles. The quantitative estimate of drug-likeness (QED) is 0.302. The van der Waals surface area contributed by atoms with Gasteiger partial charge in [0.15, 0.2) is 11.5 Å². The third kappa shape index (κ3) is 3.67. The van der Waals surface area contributed by atoms with Gasteiger partial charge in [-0.05, 0) is 43.4 Å². The molecule has 0 aliphatic heterocycles. The number of aromatic nitrogens is 4. The van der Waals surface area contributed by atoms with Gasteiger partial charge in [0, 0.05) is 22.1 Å². The summed E-state index contributed by atoms with van der Waals surface area (Å²) in [5.41, 5.74) is 7.13. The zero-order valence-electron chi connectivity index (χ0n) is 20.0. The molecule has 1 fully saturated rings. The highest BCUT2D eigenvalue weighted by Crippen LogP contribution is 2.51. The van der Waals surface area contributed by atoms with E-state index in [0.29, 0.717) is 0 Å². The van der Waals surface area contributed by atoms with Crippen molar-refractivity contribution in [3.05, 3.63) is 66.0 Å². The lowest BCUT2D eigenvalue weighted by molar-refractivity contribution is 0.288. The first-order valence-electron chi connectivity index (χ1n) is 12.8. The zero-order chi connectivity index (χ0) is 23.0. The third-order valence-corrected chi connectivity index (χ3v) is 7.64. The smallest absolute Gasteiger partial charge is 0.182 e. The molecule has 0 atom stereocenters. The number of hydrogen-bond acceptors (Lipinski definition) is 4. The number of nitrogens with zero attached hydrogens (tertiary/aromatic N) is 4. The van der Waals surface area contributed by atoms with E-state index in [1.54, 1.807) is 0 Å². The van der Waals surface area contributed by atoms with Crippen LogP contribution in [0.4, 0.5) is 0 Å². The summed E-state index contributed by atoms with van der Waals surface area (Å²) in [6, 6.07) is 16.9. The molecule has 34 heavy (non-hydrogen) atoms. The molecule has 0 unspecified atom stereocenters. The van der Waals surface area contributed by atoms with Crippen molar-refractivity contribution in [1.82, 2.24) is 19.6 Å². The second kappa shape index (κ2) is 8.86. The van der Waals surface area contributed by atoms with Crippen LogP contribution in [0.2, 0.25) is 0 Å². The summed E-state index contributed by atoms with van der Waals surface area (Å²) in [5.74, 6) is 1.62. The van der Waals surface area contributed by atoms with Gasteiger partial charge < -0.3 is 4.74 Å². The minimum absolute atomic E-state index is 0.103. The molecule has 2 aliphatic rings. The summed E-state index contributed by atoms with van der Waals surface area (Å²) in [4.78, 5) is 10.1. The van der Waals surface area contributed by atoms with Gasteiger partial charge in [0.25, 0.3) is 0 Å². The van der Waals surface area contributed by atoms with Crippen LogP contribution in [-0.2, 0) is 11.8 Å². The van der Waals surface area contributed by atoms with Gasteiger partial charge in [-0.2, -0.15) is 0 Å². The summed E-state index contributed by atoms with van der Waals surface area (Å²) in [6.07, 6.45) is 12.6. The molecule has 4 aromatic rings. The van der Waals surface area contributed by atoms with Crippen molar-refractivity contribution in [1.29, 1.82) is 0 Å². The lowest BCUT2D eigenvalue weighted by Crippen LogP contribution is -2.36. The van der Waals surface area contributed by atoms with Gasteiger partial charge in [0.1, 0.15) is 12.1 Å². The van der Waals surface area contributed by atoms with Crippen LogP contribution in [0.3, 0.4) is 0 Å². The first-order chi connectivity index (χ1) is 16.8. The monoisotopic (exact) mass is 452 g/mol. The average Bonchev–Trinajstić information content (AvgIpc) is 3.32. The van der Waals surface area contributed by atoms with Gasteiger partial charge >= 0.3 is 0 Å². The van der Waals surface area contributed by atoms with Crippen molar-refractivity contribution < 1.29 is 4.74 Å². The van der Waals surface area contributed by atoms with E-state index >= 15 is 0 Å². The number of hydrogen-bond donors (Lipinski definition) is 0. The summed E-state index contributed by atoms with van der Waals surface area (Å²) < 4.78 is 7.89. The predicted molar refractivity (Wildman–Crippen MR) is 135 cm³/mol. The molecule has 1 spiro atoms. The molecule has 2 heterocycles. The maximum atomic E-state index is 5.99. The molecule has 0 bridgehead atoms. The Labute approximate surface area is 201 Å². The van der Waals surface area contributed by atoms with E-state index in [1.807, 2.05) is 23.0 Å². The Hall–Kier alpha value is -3.21. The fourth-order valence-electron chi connectivity index (χ4n) is 5.95. The lowest BCUT2D eigenvalue weighted by atomic mass is 9.62. The maximum absolute atomic E-state index is 5.99. The van der Waals surface area contributed by atoms with Gasteiger partial charge in [-0.3, -0.25) is 0 Å². The molecular weight excluding hydrogens is 420 g/mol. The van der Waals surface area contributed by atoms with Gasteiger partial charge in [0.05, 0.1) is 12.3 Å². The Morgan fingerprint density at radius 3 is 2.76 bits per heavy atom. The molecule has 2 aromatic heterocycles. The normalized spacial score (nSPS) is 16.4. The molecule has 2 aromatic carbocycles. The second-order valence-electron chi connectivity index (χ2n) is 9.93. The van der Waals surface area contributed by atoms with E-state index in [4.69, 9.17) is 19.8 Å². The van der Waals surface area contributed by atoms with Crippen molar-refractivity contribution in [2.24, 2.45) is 0 Å². The number of rotatable bonds is 6. The van der Waals surface area contributed by atoms with Crippen LogP contribution < -0.4 is 4.74 Å². The molecule has 1 saturated carbocycles. The minimum atomic E-state index is 0.103. The van der Waals surface area contributed by atoms with E-state index in [2.05, 4.69) is 43.3 Å². The number of ether oxygens (including phenoxy) is 1. The number of unbranched alkanes of at least 4 members (excludes halogenated alkanes) is 2. The van der Waals surface area contributed by atoms with Crippen LogP contribution in [0, 0.1) is 0 Å². The van der Waals surface area contributed by atoms with Crippen molar-refractivity contribution in [3.8, 4) is 28.4 Å². The minimum Gasteiger partial charge on any atom is -0.494 e. The Balaban J connectivity index is 1.44. The first kappa shape index (κ1) is 21.3. The highest BCUT2D eigenvalue weighted by atomic mass is 16.5. The van der Waals surface area contributed by atoms with Crippen molar-refractivity contribution in [2.75, 3.05) is 6.61 Å². The molecule has 0 saturated heterocycles. The molecule has 0 radical (unpaired) electrons. The van der Waals surface area contributed by atoms with E-state index < -0.39 is 0 Å². The fraction of sp³-hybridized carbons (Fsp3) is 0.414. The van der Waals surface area contributed by atoms with Crippen LogP contribution in [0.25, 0.3) is 28.3 Å². The maximum Gasteiger partial charge on any atom is 0.182 e. The van der Waals surface area contributed by atoms with Crippen molar-refractivity contribution in [3.63, 3.8) is 0 Å². The molecule has 174 valence electrons. The first-order valence-corrected chi connectivity index (χ1v) is 12.8. The van der Waals surface area contributed by atoms with E-state index in [1.165, 1.54) is 61.6 Å². The van der Waals surface area contributed by atoms with E-state index in [0.717, 1.165) is 47.9 Å². The Kier molecular flexibility index (Phi) is 5.56. The summed E-state index contributed by atoms with van der Waals surface area (Å²) in [7, 11) is 0. The SMILES string of the molecule is CCCCCOc1cccc(-c2nc3c4c(ncn3n2)-c2ccccc2CC42CCCCC2)c1. The van der Waals surface area contributed by atoms with Crippen molar-refractivity contribution >= 4 is 5.65 Å². The topological polar surface area (TPSA) is 52.3 Å². The predicted octanol–water partition coefficient (Wildman–Crippen LogP) is 6.79. The highest BCUT2D eigenvalue weighted by Gasteiger charge is 2.42. The van der Waals surface area contributed by atoms with Gasteiger partial charge in [0.2, 0.25) is 0 Å². The van der Waals surface area contributed by atoms with Crippen LogP contribution in [0.15, 0.2) is 54.9 Å². The lowest BCUT2D eigenvalue weighted by Gasteiger charge is -2.42. The number of fused-ring (bicyclic) bond motifs is 6. The second-order valence-corrected chi connectivity index (χ2v) is 9.93. The number of benzene rings is 2.